The molecule has 0 fully saturated rings. The minimum Gasteiger partial charge on any atom is -0.497 e. The highest BCUT2D eigenvalue weighted by Gasteiger charge is 2.10. The lowest BCUT2D eigenvalue weighted by Crippen LogP contribution is -2.20. The van der Waals surface area contributed by atoms with Gasteiger partial charge in [0, 0.05) is 27.9 Å². The van der Waals surface area contributed by atoms with E-state index in [0.29, 0.717) is 33.3 Å². The maximum absolute atomic E-state index is 12.6. The lowest BCUT2D eigenvalue weighted by molar-refractivity contribution is -0.118. The number of rotatable bonds is 11. The zero-order valence-corrected chi connectivity index (χ0v) is 24.5. The average molecular weight is 612 g/mol. The number of nitrogens with one attached hydrogen (secondary N) is 3. The Kier molecular flexibility index (Phi) is 9.63. The van der Waals surface area contributed by atoms with Gasteiger partial charge in [0.25, 0.3) is 11.8 Å². The molecule has 216 valence electrons. The van der Waals surface area contributed by atoms with Gasteiger partial charge in [-0.15, -0.1) is 11.3 Å². The van der Waals surface area contributed by atoms with Crippen molar-refractivity contribution in [2.24, 2.45) is 5.10 Å². The quantitative estimate of drug-likeness (QED) is 0.109. The number of hydrazone groups is 1. The first-order valence-corrected chi connectivity index (χ1v) is 14.3. The molecule has 0 saturated heterocycles. The van der Waals surface area contributed by atoms with E-state index < -0.39 is 0 Å². The van der Waals surface area contributed by atoms with Gasteiger partial charge in [-0.25, -0.2) is 10.4 Å². The van der Waals surface area contributed by atoms with Crippen LogP contribution in [0.2, 0.25) is 5.02 Å². The Balaban J connectivity index is 1.10. The van der Waals surface area contributed by atoms with Gasteiger partial charge in [0.2, 0.25) is 0 Å². The molecule has 1 aromatic heterocycles. The van der Waals surface area contributed by atoms with Gasteiger partial charge in [-0.1, -0.05) is 41.9 Å². The summed E-state index contributed by atoms with van der Waals surface area (Å²) in [6, 6.07) is 28.9. The first-order valence-electron chi connectivity index (χ1n) is 13.0. The number of thiazole rings is 1. The predicted molar refractivity (Wildman–Crippen MR) is 171 cm³/mol. The third-order valence-electron chi connectivity index (χ3n) is 6.04. The highest BCUT2D eigenvalue weighted by molar-refractivity contribution is 7.14. The standard InChI is InChI=1S/C32H26ClN5O4S/c1-41-26-14-12-25(13-15-26)35-30(39)19-42-29-16-7-21(17-27(29)33)18-34-38-31(40)23-10-8-22(9-11-23)28-20-43-32(37-28)36-24-5-3-2-4-6-24/h2-18,20H,19H2,1H3,(H,35,39)(H,36,37)(H,38,40)/b34-18+. The SMILES string of the molecule is COc1ccc(NC(=O)COc2ccc(/C=N/NC(=O)c3ccc(-c4csc(Nc5ccccc5)n4)cc3)cc2Cl)cc1. The van der Waals surface area contributed by atoms with Crippen LogP contribution in [0.1, 0.15) is 15.9 Å². The lowest BCUT2D eigenvalue weighted by Gasteiger charge is -2.09. The van der Waals surface area contributed by atoms with Crippen molar-refractivity contribution in [2.75, 3.05) is 24.4 Å². The van der Waals surface area contributed by atoms with E-state index in [0.717, 1.165) is 22.1 Å². The van der Waals surface area contributed by atoms with Crippen molar-refractivity contribution < 1.29 is 19.1 Å². The largest absolute Gasteiger partial charge is 0.497 e. The molecule has 0 unspecified atom stereocenters. The molecule has 1 heterocycles. The van der Waals surface area contributed by atoms with Crippen molar-refractivity contribution in [1.82, 2.24) is 10.4 Å². The summed E-state index contributed by atoms with van der Waals surface area (Å²) in [5, 5.41) is 13.1. The summed E-state index contributed by atoms with van der Waals surface area (Å²) in [7, 11) is 1.57. The third kappa shape index (κ3) is 8.19. The van der Waals surface area contributed by atoms with E-state index in [4.69, 9.17) is 21.1 Å². The van der Waals surface area contributed by atoms with E-state index in [-0.39, 0.29) is 18.4 Å². The zero-order chi connectivity index (χ0) is 30.0. The van der Waals surface area contributed by atoms with Gasteiger partial charge < -0.3 is 20.1 Å². The summed E-state index contributed by atoms with van der Waals surface area (Å²) in [5.74, 6) is 0.341. The molecule has 5 aromatic rings. The Hall–Kier alpha value is -5.19. The number of methoxy groups -OCH3 is 1. The number of para-hydroxylation sites is 1. The van der Waals surface area contributed by atoms with Crippen molar-refractivity contribution in [3.63, 3.8) is 0 Å². The van der Waals surface area contributed by atoms with Gasteiger partial charge in [-0.3, -0.25) is 9.59 Å². The molecule has 11 heteroatoms. The second-order valence-corrected chi connectivity index (χ2v) is 10.3. The van der Waals surface area contributed by atoms with Crippen LogP contribution in [0.3, 0.4) is 0 Å². The molecule has 4 aromatic carbocycles. The monoisotopic (exact) mass is 611 g/mol. The maximum atomic E-state index is 12.6. The fraction of sp³-hybridized carbons (Fsp3) is 0.0625. The number of anilines is 3. The van der Waals surface area contributed by atoms with Crippen molar-refractivity contribution in [2.45, 2.75) is 0 Å². The van der Waals surface area contributed by atoms with Crippen LogP contribution in [0.5, 0.6) is 11.5 Å². The lowest BCUT2D eigenvalue weighted by atomic mass is 10.1. The van der Waals surface area contributed by atoms with E-state index >= 15 is 0 Å². The van der Waals surface area contributed by atoms with Crippen LogP contribution in [0, 0.1) is 0 Å². The Labute approximate surface area is 257 Å². The van der Waals surface area contributed by atoms with E-state index in [1.54, 1.807) is 61.7 Å². The molecule has 2 amide bonds. The highest BCUT2D eigenvalue weighted by atomic mass is 35.5. The van der Waals surface area contributed by atoms with Crippen molar-refractivity contribution in [3.05, 3.63) is 119 Å². The molecule has 0 saturated carbocycles. The summed E-state index contributed by atoms with van der Waals surface area (Å²) >= 11 is 7.83. The summed E-state index contributed by atoms with van der Waals surface area (Å²) in [4.78, 5) is 29.4. The van der Waals surface area contributed by atoms with Crippen LogP contribution in [0.4, 0.5) is 16.5 Å². The van der Waals surface area contributed by atoms with E-state index in [1.807, 2.05) is 47.8 Å². The summed E-state index contributed by atoms with van der Waals surface area (Å²) in [6.07, 6.45) is 1.47. The van der Waals surface area contributed by atoms with Gasteiger partial charge in [0.05, 0.1) is 24.0 Å². The predicted octanol–water partition coefficient (Wildman–Crippen LogP) is 7.00. The third-order valence-corrected chi connectivity index (χ3v) is 7.09. The highest BCUT2D eigenvalue weighted by Crippen LogP contribution is 2.28. The number of amides is 2. The molecule has 9 nitrogen and oxygen atoms in total. The van der Waals surface area contributed by atoms with Crippen LogP contribution in [-0.2, 0) is 4.79 Å². The van der Waals surface area contributed by atoms with Crippen LogP contribution < -0.4 is 25.5 Å². The molecular formula is C32H26ClN5O4S. The first kappa shape index (κ1) is 29.3. The fourth-order valence-corrected chi connectivity index (χ4v) is 4.84. The van der Waals surface area contributed by atoms with Crippen molar-refractivity contribution >= 4 is 57.5 Å². The summed E-state index contributed by atoms with van der Waals surface area (Å²) < 4.78 is 10.7. The number of halogens is 1. The smallest absolute Gasteiger partial charge is 0.271 e. The second kappa shape index (κ2) is 14.1. The Morgan fingerprint density at radius 3 is 2.44 bits per heavy atom. The number of carbonyl (C=O) groups excluding carboxylic acids is 2. The number of hydrogen-bond acceptors (Lipinski definition) is 8. The molecule has 43 heavy (non-hydrogen) atoms. The molecule has 0 radical (unpaired) electrons. The van der Waals surface area contributed by atoms with Crippen LogP contribution in [-0.4, -0.2) is 36.7 Å². The second-order valence-electron chi connectivity index (χ2n) is 9.06. The Morgan fingerprint density at radius 1 is 0.953 bits per heavy atom. The normalized spacial score (nSPS) is 10.7. The molecule has 0 atom stereocenters. The molecule has 3 N–H and O–H groups in total. The topological polar surface area (TPSA) is 114 Å². The van der Waals surface area contributed by atoms with E-state index in [2.05, 4.69) is 26.1 Å². The van der Waals surface area contributed by atoms with E-state index in [9.17, 15) is 9.59 Å². The zero-order valence-electron chi connectivity index (χ0n) is 22.9. The number of hydrogen-bond donors (Lipinski definition) is 3. The van der Waals surface area contributed by atoms with Crippen LogP contribution in [0.15, 0.2) is 108 Å². The van der Waals surface area contributed by atoms with Crippen LogP contribution in [0.25, 0.3) is 11.3 Å². The summed E-state index contributed by atoms with van der Waals surface area (Å²) in [5.41, 5.74) is 6.90. The molecule has 0 spiro atoms. The van der Waals surface area contributed by atoms with Gasteiger partial charge in [0.1, 0.15) is 11.5 Å². The molecule has 0 aliphatic heterocycles. The molecular weight excluding hydrogens is 586 g/mol. The van der Waals surface area contributed by atoms with Gasteiger partial charge in [-0.2, -0.15) is 5.10 Å². The maximum Gasteiger partial charge on any atom is 0.271 e. The Morgan fingerprint density at radius 2 is 1.72 bits per heavy atom. The minimum atomic E-state index is -0.360. The number of carbonyl (C=O) groups is 2. The van der Waals surface area contributed by atoms with Crippen molar-refractivity contribution in [3.8, 4) is 22.8 Å². The Bertz CT molecular complexity index is 1730. The fourth-order valence-electron chi connectivity index (χ4n) is 3.86. The molecule has 5 rings (SSSR count). The van der Waals surface area contributed by atoms with Gasteiger partial charge >= 0.3 is 0 Å². The van der Waals surface area contributed by atoms with Gasteiger partial charge in [0.15, 0.2) is 11.7 Å². The van der Waals surface area contributed by atoms with Crippen LogP contribution >= 0.6 is 22.9 Å². The number of ether oxygens (including phenoxy) is 2. The average Bonchev–Trinajstić information content (AvgIpc) is 3.50. The summed E-state index contributed by atoms with van der Waals surface area (Å²) in [6.45, 7) is -0.220. The van der Waals surface area contributed by atoms with Crippen molar-refractivity contribution in [1.29, 1.82) is 0 Å². The number of nitrogens with zero attached hydrogens (tertiary/aromatic N) is 2. The van der Waals surface area contributed by atoms with Gasteiger partial charge in [-0.05, 0) is 72.3 Å². The molecule has 0 aliphatic rings. The number of aromatic nitrogens is 1. The first-order chi connectivity index (χ1) is 21.0. The van der Waals surface area contributed by atoms with E-state index in [1.165, 1.54) is 17.6 Å². The minimum absolute atomic E-state index is 0.220. The number of benzene rings is 4. The molecule has 0 aliphatic carbocycles. The molecule has 0 bridgehead atoms.